The van der Waals surface area contributed by atoms with Gasteiger partial charge in [0.25, 0.3) is 5.91 Å². The molecule has 0 aliphatic carbocycles. The van der Waals surface area contributed by atoms with Crippen molar-refractivity contribution in [2.24, 2.45) is 0 Å². The fraction of sp³-hybridized carbons (Fsp3) is 0.294. The van der Waals surface area contributed by atoms with E-state index in [0.717, 1.165) is 11.3 Å². The van der Waals surface area contributed by atoms with Crippen LogP contribution >= 0.6 is 11.3 Å². The molecular weight excluding hydrogens is 312 g/mol. The van der Waals surface area contributed by atoms with Crippen LogP contribution in [0, 0.1) is 0 Å². The quantitative estimate of drug-likeness (QED) is 0.854. The van der Waals surface area contributed by atoms with Crippen LogP contribution in [0.3, 0.4) is 0 Å². The third kappa shape index (κ3) is 4.82. The van der Waals surface area contributed by atoms with Crippen molar-refractivity contribution >= 4 is 28.2 Å². The normalized spacial score (nSPS) is 10.4. The Labute approximate surface area is 139 Å². The Morgan fingerprint density at radius 2 is 2.04 bits per heavy atom. The molecule has 2 N–H and O–H groups in total. The summed E-state index contributed by atoms with van der Waals surface area (Å²) in [5, 5.41) is 7.68. The van der Waals surface area contributed by atoms with Crippen molar-refractivity contribution in [1.29, 1.82) is 0 Å². The third-order valence-corrected chi connectivity index (χ3v) is 3.85. The van der Waals surface area contributed by atoms with Crippen molar-refractivity contribution in [2.45, 2.75) is 26.4 Å². The number of carbonyl (C=O) groups excluding carboxylic acids is 2. The molecule has 2 rings (SSSR count). The molecular formula is C17H20N2O3S. The van der Waals surface area contributed by atoms with Crippen LogP contribution in [0.1, 0.15) is 29.8 Å². The average Bonchev–Trinajstić information content (AvgIpc) is 2.94. The summed E-state index contributed by atoms with van der Waals surface area (Å²) in [6.45, 7) is 3.91. The molecule has 1 aromatic carbocycles. The van der Waals surface area contributed by atoms with E-state index >= 15 is 0 Å². The van der Waals surface area contributed by atoms with Crippen molar-refractivity contribution in [3.63, 3.8) is 0 Å². The Bertz CT molecular complexity index is 695. The lowest BCUT2D eigenvalue weighted by Gasteiger charge is -2.11. The number of carbonyl (C=O) groups is 2. The van der Waals surface area contributed by atoms with Gasteiger partial charge < -0.3 is 15.4 Å². The van der Waals surface area contributed by atoms with Gasteiger partial charge in [0.1, 0.15) is 10.8 Å². The Kier molecular flexibility index (Phi) is 5.76. The Morgan fingerprint density at radius 3 is 2.74 bits per heavy atom. The number of nitrogens with one attached hydrogen (secondary N) is 2. The van der Waals surface area contributed by atoms with Crippen LogP contribution in [0.5, 0.6) is 5.75 Å². The first-order valence-corrected chi connectivity index (χ1v) is 8.22. The SMILES string of the molecule is CNC(=O)c1ccsc1NC(=O)Cc1cccc(OC(C)C)c1. The molecule has 2 aromatic rings. The maximum absolute atomic E-state index is 12.2. The highest BCUT2D eigenvalue weighted by Gasteiger charge is 2.14. The summed E-state index contributed by atoms with van der Waals surface area (Å²) in [5.41, 5.74) is 1.33. The van der Waals surface area contributed by atoms with E-state index in [1.54, 1.807) is 18.5 Å². The molecule has 2 amide bonds. The van der Waals surface area contributed by atoms with E-state index < -0.39 is 0 Å². The average molecular weight is 332 g/mol. The van der Waals surface area contributed by atoms with Gasteiger partial charge in [-0.15, -0.1) is 11.3 Å². The van der Waals surface area contributed by atoms with Crippen LogP contribution in [0.2, 0.25) is 0 Å². The summed E-state index contributed by atoms with van der Waals surface area (Å²) in [6.07, 6.45) is 0.306. The fourth-order valence-electron chi connectivity index (χ4n) is 2.08. The molecule has 0 bridgehead atoms. The summed E-state index contributed by atoms with van der Waals surface area (Å²) in [5.74, 6) is 0.362. The molecule has 5 nitrogen and oxygen atoms in total. The highest BCUT2D eigenvalue weighted by atomic mass is 32.1. The molecule has 1 heterocycles. The van der Waals surface area contributed by atoms with E-state index in [1.165, 1.54) is 11.3 Å². The van der Waals surface area contributed by atoms with Gasteiger partial charge in [0, 0.05) is 7.05 Å². The molecule has 0 aliphatic rings. The Hall–Kier alpha value is -2.34. The van der Waals surface area contributed by atoms with Crippen LogP contribution in [-0.4, -0.2) is 25.0 Å². The first-order chi connectivity index (χ1) is 11.0. The number of rotatable bonds is 6. The molecule has 0 saturated carbocycles. The molecule has 23 heavy (non-hydrogen) atoms. The summed E-state index contributed by atoms with van der Waals surface area (Å²) < 4.78 is 5.62. The van der Waals surface area contributed by atoms with Gasteiger partial charge in [0.15, 0.2) is 0 Å². The van der Waals surface area contributed by atoms with Gasteiger partial charge >= 0.3 is 0 Å². The van der Waals surface area contributed by atoms with Crippen molar-refractivity contribution in [3.8, 4) is 5.75 Å². The lowest BCUT2D eigenvalue weighted by molar-refractivity contribution is -0.115. The van der Waals surface area contributed by atoms with Crippen LogP contribution in [0.25, 0.3) is 0 Å². The molecule has 0 unspecified atom stereocenters. The van der Waals surface area contributed by atoms with Crippen molar-refractivity contribution in [3.05, 3.63) is 46.8 Å². The smallest absolute Gasteiger partial charge is 0.254 e. The van der Waals surface area contributed by atoms with Crippen LogP contribution in [0.15, 0.2) is 35.7 Å². The molecule has 0 fully saturated rings. The van der Waals surface area contributed by atoms with Crippen molar-refractivity contribution in [1.82, 2.24) is 5.32 Å². The predicted molar refractivity (Wildman–Crippen MR) is 92.2 cm³/mol. The number of ether oxygens (including phenoxy) is 1. The number of anilines is 1. The van der Waals surface area contributed by atoms with Gasteiger partial charge in [0.05, 0.1) is 18.1 Å². The minimum Gasteiger partial charge on any atom is -0.491 e. The maximum Gasteiger partial charge on any atom is 0.254 e. The van der Waals surface area contributed by atoms with Gasteiger partial charge in [-0.2, -0.15) is 0 Å². The van der Waals surface area contributed by atoms with Crippen molar-refractivity contribution < 1.29 is 14.3 Å². The van der Waals surface area contributed by atoms with E-state index in [9.17, 15) is 9.59 Å². The monoisotopic (exact) mass is 332 g/mol. The van der Waals surface area contributed by atoms with Gasteiger partial charge in [-0.3, -0.25) is 9.59 Å². The largest absolute Gasteiger partial charge is 0.491 e. The second kappa shape index (κ2) is 7.78. The van der Waals surface area contributed by atoms with Crippen molar-refractivity contribution in [2.75, 3.05) is 12.4 Å². The van der Waals surface area contributed by atoms with Crippen LogP contribution < -0.4 is 15.4 Å². The third-order valence-electron chi connectivity index (χ3n) is 3.02. The van der Waals surface area contributed by atoms with Crippen LogP contribution in [-0.2, 0) is 11.2 Å². The topological polar surface area (TPSA) is 67.4 Å². The van der Waals surface area contributed by atoms with Gasteiger partial charge in [-0.1, -0.05) is 12.1 Å². The number of hydrogen-bond acceptors (Lipinski definition) is 4. The minimum atomic E-state index is -0.214. The zero-order valence-electron chi connectivity index (χ0n) is 13.4. The zero-order valence-corrected chi connectivity index (χ0v) is 14.2. The first kappa shape index (κ1) is 17.0. The maximum atomic E-state index is 12.2. The minimum absolute atomic E-state index is 0.0836. The zero-order chi connectivity index (χ0) is 16.8. The molecule has 1 aromatic heterocycles. The Balaban J connectivity index is 2.03. The summed E-state index contributed by atoms with van der Waals surface area (Å²) >= 11 is 1.33. The summed E-state index contributed by atoms with van der Waals surface area (Å²) in [4.78, 5) is 23.9. The summed E-state index contributed by atoms with van der Waals surface area (Å²) in [6, 6.07) is 9.15. The lowest BCUT2D eigenvalue weighted by atomic mass is 10.1. The van der Waals surface area contributed by atoms with Gasteiger partial charge in [-0.25, -0.2) is 0 Å². The highest BCUT2D eigenvalue weighted by Crippen LogP contribution is 2.23. The van der Waals surface area contributed by atoms with Crippen LogP contribution in [0.4, 0.5) is 5.00 Å². The van der Waals surface area contributed by atoms with E-state index in [0.29, 0.717) is 10.6 Å². The van der Waals surface area contributed by atoms with Gasteiger partial charge in [0.2, 0.25) is 5.91 Å². The molecule has 0 atom stereocenters. The number of benzene rings is 1. The number of amides is 2. The first-order valence-electron chi connectivity index (χ1n) is 7.34. The standard InChI is InChI=1S/C17H20N2O3S/c1-11(2)22-13-6-4-5-12(9-13)10-15(20)19-17-14(7-8-23-17)16(21)18-3/h4-9,11H,10H2,1-3H3,(H,18,21)(H,19,20). The second-order valence-electron chi connectivity index (χ2n) is 5.28. The van der Waals surface area contributed by atoms with E-state index in [2.05, 4.69) is 10.6 Å². The van der Waals surface area contributed by atoms with Gasteiger partial charge in [-0.05, 0) is 43.0 Å². The predicted octanol–water partition coefficient (Wildman–Crippen LogP) is 3.08. The van der Waals surface area contributed by atoms with E-state index in [1.807, 2.05) is 38.1 Å². The van der Waals surface area contributed by atoms with E-state index in [-0.39, 0.29) is 24.3 Å². The molecule has 6 heteroatoms. The second-order valence-corrected chi connectivity index (χ2v) is 6.20. The fourth-order valence-corrected chi connectivity index (χ4v) is 2.88. The molecule has 0 saturated heterocycles. The number of hydrogen-bond donors (Lipinski definition) is 2. The Morgan fingerprint density at radius 1 is 1.26 bits per heavy atom. The molecule has 0 radical (unpaired) electrons. The lowest BCUT2D eigenvalue weighted by Crippen LogP contribution is -2.20. The molecule has 0 spiro atoms. The molecule has 0 aliphatic heterocycles. The van der Waals surface area contributed by atoms with E-state index in [4.69, 9.17) is 4.74 Å². The highest BCUT2D eigenvalue weighted by molar-refractivity contribution is 7.14. The summed E-state index contributed by atoms with van der Waals surface area (Å²) in [7, 11) is 1.56. The number of thiophene rings is 1. The molecule has 122 valence electrons.